The Labute approximate surface area is 218 Å². The Balaban J connectivity index is 1.13. The number of benzene rings is 1. The number of likely N-dealkylation sites (tertiary alicyclic amines) is 1. The van der Waals surface area contributed by atoms with E-state index in [1.54, 1.807) is 6.20 Å². The van der Waals surface area contributed by atoms with Gasteiger partial charge in [0.15, 0.2) is 0 Å². The van der Waals surface area contributed by atoms with Gasteiger partial charge in [0, 0.05) is 42.3 Å². The van der Waals surface area contributed by atoms with Gasteiger partial charge in [-0.05, 0) is 68.1 Å². The normalized spacial score (nSPS) is 31.5. The maximum Gasteiger partial charge on any atom is 0.255 e. The highest BCUT2D eigenvalue weighted by Gasteiger charge is 2.61. The molecular weight excluding hydrogens is 488 g/mol. The lowest BCUT2D eigenvalue weighted by Gasteiger charge is -2.33. The fraction of sp³-hybridized carbons (Fsp3) is 0.571. The highest BCUT2D eigenvalue weighted by molar-refractivity contribution is 7.91. The van der Waals surface area contributed by atoms with Crippen molar-refractivity contribution in [1.29, 1.82) is 0 Å². The Hall–Kier alpha value is -2.49. The molecule has 1 aromatic carbocycles. The minimum atomic E-state index is -2.84. The van der Waals surface area contributed by atoms with Crippen molar-refractivity contribution in [1.82, 2.24) is 15.2 Å². The number of amides is 1. The van der Waals surface area contributed by atoms with Crippen molar-refractivity contribution in [3.8, 4) is 11.1 Å². The van der Waals surface area contributed by atoms with Crippen LogP contribution in [0.5, 0.6) is 0 Å². The summed E-state index contributed by atoms with van der Waals surface area (Å²) in [7, 11) is -2.84. The molecule has 1 aromatic heterocycles. The highest BCUT2D eigenvalue weighted by Crippen LogP contribution is 2.59. The maximum absolute atomic E-state index is 12.9. The van der Waals surface area contributed by atoms with Crippen LogP contribution in [0, 0.1) is 5.92 Å². The van der Waals surface area contributed by atoms with Gasteiger partial charge in [0.25, 0.3) is 5.91 Å². The number of fused-ring (bicyclic) bond motifs is 1. The Morgan fingerprint density at radius 1 is 1.05 bits per heavy atom. The van der Waals surface area contributed by atoms with Gasteiger partial charge in [-0.3, -0.25) is 9.69 Å². The molecule has 198 valence electrons. The second-order valence-corrected chi connectivity index (χ2v) is 13.9. The molecular formula is C28H36N4O4S. The Morgan fingerprint density at radius 3 is 2.46 bits per heavy atom. The number of rotatable bonds is 5. The number of nitrogen functional groups attached to an aromatic ring is 1. The molecule has 9 heteroatoms. The molecule has 2 unspecified atom stereocenters. The van der Waals surface area contributed by atoms with Crippen LogP contribution in [-0.2, 0) is 15.3 Å². The number of carbonyl (C=O) groups is 1. The fourth-order valence-corrected chi connectivity index (χ4v) is 8.25. The summed E-state index contributed by atoms with van der Waals surface area (Å²) in [5.41, 5.74) is 9.82. The van der Waals surface area contributed by atoms with Crippen LogP contribution in [0.3, 0.4) is 0 Å². The zero-order chi connectivity index (χ0) is 25.8. The summed E-state index contributed by atoms with van der Waals surface area (Å²) >= 11 is 0. The molecule has 2 saturated heterocycles. The summed E-state index contributed by atoms with van der Waals surface area (Å²) in [6.07, 6.45) is 7.09. The third-order valence-electron chi connectivity index (χ3n) is 9.20. The van der Waals surface area contributed by atoms with E-state index in [1.807, 2.05) is 6.07 Å². The van der Waals surface area contributed by atoms with Gasteiger partial charge in [-0.25, -0.2) is 13.4 Å². The molecule has 37 heavy (non-hydrogen) atoms. The number of aliphatic hydroxyl groups excluding tert-OH is 1. The number of aliphatic hydroxyl groups is 1. The van der Waals surface area contributed by atoms with Gasteiger partial charge in [0.1, 0.15) is 15.7 Å². The SMILES string of the molecule is Nc1ncc(-c2ccc(C34CC3CN(C3CCS(=O)(=O)CC3)C4)cc2)cc1C(=O)NC1CCC(O)CC1. The summed E-state index contributed by atoms with van der Waals surface area (Å²) in [5, 5.41) is 12.8. The van der Waals surface area contributed by atoms with E-state index in [1.165, 1.54) is 12.0 Å². The number of sulfone groups is 1. The largest absolute Gasteiger partial charge is 0.393 e. The van der Waals surface area contributed by atoms with Crippen LogP contribution < -0.4 is 11.1 Å². The first kappa shape index (κ1) is 24.8. The van der Waals surface area contributed by atoms with Gasteiger partial charge in [-0.15, -0.1) is 0 Å². The predicted molar refractivity (Wildman–Crippen MR) is 143 cm³/mol. The predicted octanol–water partition coefficient (Wildman–Crippen LogP) is 2.51. The molecule has 6 rings (SSSR count). The number of aromatic nitrogens is 1. The van der Waals surface area contributed by atoms with E-state index >= 15 is 0 Å². The number of anilines is 1. The number of piperidine rings is 1. The number of hydrogen-bond acceptors (Lipinski definition) is 7. The van der Waals surface area contributed by atoms with Crippen LogP contribution in [0.4, 0.5) is 5.82 Å². The van der Waals surface area contributed by atoms with E-state index in [-0.39, 0.29) is 29.3 Å². The zero-order valence-corrected chi connectivity index (χ0v) is 21.9. The van der Waals surface area contributed by atoms with Gasteiger partial charge in [-0.1, -0.05) is 24.3 Å². The number of carbonyl (C=O) groups excluding carboxylic acids is 1. The van der Waals surface area contributed by atoms with Crippen molar-refractivity contribution in [3.63, 3.8) is 0 Å². The fourth-order valence-electron chi connectivity index (χ4n) is 6.78. The van der Waals surface area contributed by atoms with E-state index < -0.39 is 9.84 Å². The van der Waals surface area contributed by atoms with Gasteiger partial charge < -0.3 is 16.2 Å². The average molecular weight is 525 g/mol. The molecule has 0 radical (unpaired) electrons. The minimum absolute atomic E-state index is 0.0490. The minimum Gasteiger partial charge on any atom is -0.393 e. The number of hydrogen-bond donors (Lipinski definition) is 3. The molecule has 2 aliphatic carbocycles. The van der Waals surface area contributed by atoms with Crippen molar-refractivity contribution in [2.45, 2.75) is 68.5 Å². The summed E-state index contributed by atoms with van der Waals surface area (Å²) in [6.45, 7) is 2.07. The molecule has 1 amide bonds. The van der Waals surface area contributed by atoms with Crippen LogP contribution in [0.15, 0.2) is 36.5 Å². The van der Waals surface area contributed by atoms with Gasteiger partial charge >= 0.3 is 0 Å². The first-order chi connectivity index (χ1) is 17.7. The number of nitrogens with two attached hydrogens (primary N) is 1. The molecule has 2 atom stereocenters. The maximum atomic E-state index is 12.9. The number of pyridine rings is 1. The van der Waals surface area contributed by atoms with E-state index in [0.717, 1.165) is 49.9 Å². The molecule has 3 heterocycles. The molecule has 0 spiro atoms. The molecule has 2 saturated carbocycles. The lowest BCUT2D eigenvalue weighted by Crippen LogP contribution is -2.41. The molecule has 2 aliphatic heterocycles. The first-order valence-corrected chi connectivity index (χ1v) is 15.3. The zero-order valence-electron chi connectivity index (χ0n) is 21.1. The lowest BCUT2D eigenvalue weighted by molar-refractivity contribution is 0.0868. The third kappa shape index (κ3) is 4.89. The van der Waals surface area contributed by atoms with Gasteiger partial charge in [0.05, 0.1) is 23.2 Å². The summed E-state index contributed by atoms with van der Waals surface area (Å²) in [6, 6.07) is 10.9. The van der Waals surface area contributed by atoms with Crippen molar-refractivity contribution < 1.29 is 18.3 Å². The van der Waals surface area contributed by atoms with Crippen molar-refractivity contribution >= 4 is 21.6 Å². The van der Waals surface area contributed by atoms with Crippen molar-refractivity contribution in [3.05, 3.63) is 47.7 Å². The quantitative estimate of drug-likeness (QED) is 0.549. The second-order valence-electron chi connectivity index (χ2n) is 11.6. The van der Waals surface area contributed by atoms with Crippen LogP contribution in [0.1, 0.15) is 60.9 Å². The van der Waals surface area contributed by atoms with Crippen LogP contribution in [0.25, 0.3) is 11.1 Å². The summed E-state index contributed by atoms with van der Waals surface area (Å²) < 4.78 is 23.7. The van der Waals surface area contributed by atoms with Gasteiger partial charge in [0.2, 0.25) is 0 Å². The third-order valence-corrected chi connectivity index (χ3v) is 10.9. The molecule has 4 aliphatic rings. The van der Waals surface area contributed by atoms with E-state index in [2.05, 4.69) is 39.5 Å². The topological polar surface area (TPSA) is 126 Å². The van der Waals surface area contributed by atoms with E-state index in [0.29, 0.717) is 41.9 Å². The van der Waals surface area contributed by atoms with Crippen LogP contribution in [0.2, 0.25) is 0 Å². The van der Waals surface area contributed by atoms with E-state index in [4.69, 9.17) is 5.73 Å². The van der Waals surface area contributed by atoms with Gasteiger partial charge in [-0.2, -0.15) is 0 Å². The summed E-state index contributed by atoms with van der Waals surface area (Å²) in [4.78, 5) is 19.8. The molecule has 2 aromatic rings. The number of nitrogens with zero attached hydrogens (tertiary/aromatic N) is 2. The van der Waals surface area contributed by atoms with Crippen LogP contribution >= 0.6 is 0 Å². The Bertz CT molecular complexity index is 1280. The highest BCUT2D eigenvalue weighted by atomic mass is 32.2. The molecule has 8 nitrogen and oxygen atoms in total. The second kappa shape index (κ2) is 9.36. The monoisotopic (exact) mass is 524 g/mol. The lowest BCUT2D eigenvalue weighted by atomic mass is 9.92. The summed E-state index contributed by atoms with van der Waals surface area (Å²) in [5.74, 6) is 1.28. The Morgan fingerprint density at radius 2 is 1.76 bits per heavy atom. The Kier molecular flexibility index (Phi) is 6.28. The standard InChI is InChI=1S/C28H36N4O4S/c29-26-25(27(34)31-22-5-7-24(33)8-6-22)13-19(15-30-26)18-1-3-20(4-2-18)28-14-21(28)16-32(17-28)23-9-11-37(35,36)12-10-23/h1-4,13,15,21-24,33H,5-12,14,16-17H2,(H2,29,30)(H,31,34). The molecule has 4 N–H and O–H groups in total. The number of nitrogens with one attached hydrogen (secondary N) is 1. The molecule has 4 fully saturated rings. The molecule has 0 bridgehead atoms. The van der Waals surface area contributed by atoms with Crippen LogP contribution in [-0.4, -0.2) is 72.1 Å². The smallest absolute Gasteiger partial charge is 0.255 e. The van der Waals surface area contributed by atoms with Crippen molar-refractivity contribution in [2.24, 2.45) is 5.92 Å². The van der Waals surface area contributed by atoms with Crippen molar-refractivity contribution in [2.75, 3.05) is 30.3 Å². The van der Waals surface area contributed by atoms with E-state index in [9.17, 15) is 18.3 Å². The average Bonchev–Trinajstić information content (AvgIpc) is 3.46. The first-order valence-electron chi connectivity index (χ1n) is 13.5.